The van der Waals surface area contributed by atoms with Gasteiger partial charge in [-0.3, -0.25) is 0 Å². The predicted octanol–water partition coefficient (Wildman–Crippen LogP) is 4.71. The van der Waals surface area contributed by atoms with Gasteiger partial charge in [0.1, 0.15) is 0 Å². The van der Waals surface area contributed by atoms with Crippen molar-refractivity contribution in [2.45, 2.75) is 71.1 Å². The van der Waals surface area contributed by atoms with Crippen molar-refractivity contribution < 1.29 is 4.74 Å². The Kier molecular flexibility index (Phi) is 5.83. The number of nitrogens with one attached hydrogen (secondary N) is 1. The third kappa shape index (κ3) is 4.82. The average Bonchev–Trinajstić information content (AvgIpc) is 2.46. The van der Waals surface area contributed by atoms with E-state index in [4.69, 9.17) is 4.74 Å². The van der Waals surface area contributed by atoms with Crippen molar-refractivity contribution in [3.63, 3.8) is 0 Å². The van der Waals surface area contributed by atoms with Gasteiger partial charge in [0.2, 0.25) is 0 Å². The van der Waals surface area contributed by atoms with Crippen LogP contribution in [0.3, 0.4) is 0 Å². The Bertz CT molecular complexity index is 417. The van der Waals surface area contributed by atoms with Crippen LogP contribution in [-0.4, -0.2) is 18.2 Å². The maximum absolute atomic E-state index is 6.62. The van der Waals surface area contributed by atoms with Gasteiger partial charge in [0.05, 0.1) is 11.7 Å². The maximum Gasteiger partial charge on any atom is 0.0817 e. The summed E-state index contributed by atoms with van der Waals surface area (Å²) in [5, 5.41) is 3.61. The highest BCUT2D eigenvalue weighted by atomic mass is 16.5. The lowest BCUT2D eigenvalue weighted by molar-refractivity contribution is -0.117. The van der Waals surface area contributed by atoms with Gasteiger partial charge in [0.15, 0.2) is 0 Å². The molecule has 1 N–H and O–H groups in total. The summed E-state index contributed by atoms with van der Waals surface area (Å²) in [6.45, 7) is 9.93. The van der Waals surface area contributed by atoms with Gasteiger partial charge in [0, 0.05) is 12.6 Å². The summed E-state index contributed by atoms with van der Waals surface area (Å²) in [6, 6.07) is 11.1. The minimum absolute atomic E-state index is 0.00278. The van der Waals surface area contributed by atoms with Crippen LogP contribution in [-0.2, 0) is 4.74 Å². The van der Waals surface area contributed by atoms with Gasteiger partial charge in [-0.2, -0.15) is 0 Å². The van der Waals surface area contributed by atoms with E-state index in [1.165, 1.54) is 31.2 Å². The number of benzene rings is 1. The summed E-state index contributed by atoms with van der Waals surface area (Å²) >= 11 is 0. The van der Waals surface area contributed by atoms with E-state index in [0.29, 0.717) is 6.04 Å². The molecule has 0 aromatic heterocycles. The van der Waals surface area contributed by atoms with Crippen LogP contribution in [0.4, 0.5) is 0 Å². The number of rotatable bonds is 6. The molecule has 0 amide bonds. The van der Waals surface area contributed by atoms with E-state index in [0.717, 1.165) is 12.5 Å². The molecule has 1 aliphatic rings. The highest BCUT2D eigenvalue weighted by Crippen LogP contribution is 2.38. The third-order valence-electron chi connectivity index (χ3n) is 4.58. The van der Waals surface area contributed by atoms with Crippen LogP contribution >= 0.6 is 0 Å². The zero-order valence-corrected chi connectivity index (χ0v) is 14.1. The van der Waals surface area contributed by atoms with Crippen molar-refractivity contribution in [2.24, 2.45) is 5.92 Å². The molecule has 2 heteroatoms. The lowest BCUT2D eigenvalue weighted by atomic mass is 9.78. The molecule has 0 bridgehead atoms. The van der Waals surface area contributed by atoms with Gasteiger partial charge >= 0.3 is 0 Å². The molecule has 3 atom stereocenters. The normalized spacial score (nSPS) is 27.8. The molecule has 0 radical (unpaired) electrons. The first-order valence-corrected chi connectivity index (χ1v) is 8.47. The lowest BCUT2D eigenvalue weighted by Gasteiger charge is -2.42. The zero-order valence-electron chi connectivity index (χ0n) is 14.1. The average molecular weight is 289 g/mol. The smallest absolute Gasteiger partial charge is 0.0817 e. The van der Waals surface area contributed by atoms with Gasteiger partial charge in [-0.15, -0.1) is 0 Å². The van der Waals surface area contributed by atoms with Crippen molar-refractivity contribution in [1.29, 1.82) is 0 Å². The van der Waals surface area contributed by atoms with E-state index < -0.39 is 0 Å². The van der Waals surface area contributed by atoms with Gasteiger partial charge in [-0.1, -0.05) is 63.9 Å². The Morgan fingerprint density at radius 1 is 1.24 bits per heavy atom. The monoisotopic (exact) mass is 289 g/mol. The quantitative estimate of drug-likeness (QED) is 0.819. The molecule has 3 unspecified atom stereocenters. The molecule has 0 aliphatic heterocycles. The number of ether oxygens (including phenoxy) is 1. The van der Waals surface area contributed by atoms with Crippen LogP contribution in [0.2, 0.25) is 0 Å². The van der Waals surface area contributed by atoms with Gasteiger partial charge < -0.3 is 10.1 Å². The second-order valence-corrected chi connectivity index (χ2v) is 7.09. The number of hydrogen-bond donors (Lipinski definition) is 1. The first kappa shape index (κ1) is 16.5. The van der Waals surface area contributed by atoms with Gasteiger partial charge in [0.25, 0.3) is 0 Å². The second kappa shape index (κ2) is 7.42. The van der Waals surface area contributed by atoms with Gasteiger partial charge in [-0.05, 0) is 31.2 Å². The molecule has 1 saturated carbocycles. The summed E-state index contributed by atoms with van der Waals surface area (Å²) in [5.74, 6) is 0.760. The van der Waals surface area contributed by atoms with Crippen molar-refractivity contribution in [2.75, 3.05) is 6.54 Å². The molecule has 2 nitrogen and oxygen atoms in total. The Morgan fingerprint density at radius 3 is 2.57 bits per heavy atom. The largest absolute Gasteiger partial charge is 0.366 e. The SMILES string of the molecule is CC1CCCC(CNC(C)C)(OC(C)c2ccccc2)C1. The molecular formula is C19H31NO. The molecule has 1 aliphatic carbocycles. The van der Waals surface area contributed by atoms with Gasteiger partial charge in [-0.25, -0.2) is 0 Å². The van der Waals surface area contributed by atoms with Crippen LogP contribution in [0.5, 0.6) is 0 Å². The molecular weight excluding hydrogens is 258 g/mol. The highest BCUT2D eigenvalue weighted by molar-refractivity contribution is 5.17. The summed E-state index contributed by atoms with van der Waals surface area (Å²) in [5.41, 5.74) is 1.27. The summed E-state index contributed by atoms with van der Waals surface area (Å²) in [4.78, 5) is 0. The minimum atomic E-state index is -0.00278. The van der Waals surface area contributed by atoms with E-state index in [9.17, 15) is 0 Å². The van der Waals surface area contributed by atoms with Crippen LogP contribution in [0, 0.1) is 5.92 Å². The van der Waals surface area contributed by atoms with Crippen molar-refractivity contribution in [1.82, 2.24) is 5.32 Å². The highest BCUT2D eigenvalue weighted by Gasteiger charge is 2.37. The predicted molar refractivity (Wildman–Crippen MR) is 89.4 cm³/mol. The molecule has 1 aromatic rings. The Labute approximate surface area is 130 Å². The maximum atomic E-state index is 6.62. The summed E-state index contributed by atoms with van der Waals surface area (Å²) < 4.78 is 6.62. The fourth-order valence-electron chi connectivity index (χ4n) is 3.48. The Balaban J connectivity index is 2.08. The Hall–Kier alpha value is -0.860. The molecule has 118 valence electrons. The van der Waals surface area contributed by atoms with E-state index in [1.807, 2.05) is 0 Å². The van der Waals surface area contributed by atoms with Crippen molar-refractivity contribution >= 4 is 0 Å². The van der Waals surface area contributed by atoms with Crippen LogP contribution < -0.4 is 5.32 Å². The van der Waals surface area contributed by atoms with Crippen molar-refractivity contribution in [3.8, 4) is 0 Å². The number of hydrogen-bond acceptors (Lipinski definition) is 2. The summed E-state index contributed by atoms with van der Waals surface area (Å²) in [6.07, 6.45) is 5.12. The van der Waals surface area contributed by atoms with E-state index in [-0.39, 0.29) is 11.7 Å². The molecule has 1 aromatic carbocycles. The molecule has 0 heterocycles. The third-order valence-corrected chi connectivity index (χ3v) is 4.58. The fraction of sp³-hybridized carbons (Fsp3) is 0.684. The molecule has 0 spiro atoms. The fourth-order valence-corrected chi connectivity index (χ4v) is 3.48. The summed E-state index contributed by atoms with van der Waals surface area (Å²) in [7, 11) is 0. The molecule has 1 fully saturated rings. The Morgan fingerprint density at radius 2 is 1.95 bits per heavy atom. The second-order valence-electron chi connectivity index (χ2n) is 7.09. The first-order valence-electron chi connectivity index (χ1n) is 8.47. The van der Waals surface area contributed by atoms with Crippen LogP contribution in [0.15, 0.2) is 30.3 Å². The molecule has 2 rings (SSSR count). The van der Waals surface area contributed by atoms with Crippen LogP contribution in [0.1, 0.15) is 65.0 Å². The van der Waals surface area contributed by atoms with E-state index in [2.05, 4.69) is 63.3 Å². The minimum Gasteiger partial charge on any atom is -0.366 e. The molecule has 0 saturated heterocycles. The zero-order chi connectivity index (χ0) is 15.3. The molecule has 21 heavy (non-hydrogen) atoms. The topological polar surface area (TPSA) is 21.3 Å². The first-order chi connectivity index (χ1) is 10.0. The lowest BCUT2D eigenvalue weighted by Crippen LogP contribution is -2.48. The van der Waals surface area contributed by atoms with E-state index in [1.54, 1.807) is 0 Å². The van der Waals surface area contributed by atoms with Crippen molar-refractivity contribution in [3.05, 3.63) is 35.9 Å². The standard InChI is InChI=1S/C19H31NO/c1-15(2)20-14-19(12-8-9-16(3)13-19)21-17(4)18-10-6-5-7-11-18/h5-7,10-11,15-17,20H,8-9,12-14H2,1-4H3. The van der Waals surface area contributed by atoms with E-state index >= 15 is 0 Å². The van der Waals surface area contributed by atoms with Crippen LogP contribution in [0.25, 0.3) is 0 Å².